The maximum Gasteiger partial charge on any atom is 0.258 e. The summed E-state index contributed by atoms with van der Waals surface area (Å²) < 4.78 is 19.8. The number of hydrogen-bond acceptors (Lipinski definition) is 5. The monoisotopic (exact) mass is 410 g/mol. The van der Waals surface area contributed by atoms with E-state index in [1.165, 1.54) is 0 Å². The van der Waals surface area contributed by atoms with E-state index in [9.17, 15) is 14.0 Å². The first-order valence-electron chi connectivity index (χ1n) is 9.57. The topological polar surface area (TPSA) is 73.9 Å². The predicted molar refractivity (Wildman–Crippen MR) is 103 cm³/mol. The molecule has 0 aromatic heterocycles. The standard InChI is InChI=1S/C19H24ClFN4O3/c1-11-9-12-13(20)3-2-4-14(12)25(11)16(26)10-15-22-18(17(21)19(27)23-15)24-5-7-28-8-6-24/h2-4,11,15,17-18,22H,5-10H2,1H3,(H,23,27). The van der Waals surface area contributed by atoms with Crippen LogP contribution in [0.15, 0.2) is 18.2 Å². The number of hydrogen-bond donors (Lipinski definition) is 2. The minimum absolute atomic E-state index is 0.0225. The van der Waals surface area contributed by atoms with E-state index in [1.54, 1.807) is 4.90 Å². The SMILES string of the molecule is CC1Cc2c(Cl)cccc2N1C(=O)CC1NC(=O)C(F)C(N2CCOCC2)N1. The van der Waals surface area contributed by atoms with Crippen LogP contribution in [0.5, 0.6) is 0 Å². The molecule has 4 atom stereocenters. The van der Waals surface area contributed by atoms with Crippen LogP contribution in [-0.2, 0) is 20.7 Å². The Morgan fingerprint density at radius 1 is 1.36 bits per heavy atom. The van der Waals surface area contributed by atoms with Crippen LogP contribution in [0.25, 0.3) is 0 Å². The molecule has 1 aromatic rings. The number of carbonyl (C=O) groups excluding carboxylic acids is 2. The van der Waals surface area contributed by atoms with Gasteiger partial charge in [0.05, 0.1) is 25.8 Å². The lowest BCUT2D eigenvalue weighted by Gasteiger charge is -2.41. The highest BCUT2D eigenvalue weighted by molar-refractivity contribution is 6.32. The van der Waals surface area contributed by atoms with Crippen molar-refractivity contribution in [2.24, 2.45) is 0 Å². The Bertz CT molecular complexity index is 774. The average Bonchev–Trinajstić information content (AvgIpc) is 3.02. The van der Waals surface area contributed by atoms with Gasteiger partial charge >= 0.3 is 0 Å². The molecular weight excluding hydrogens is 387 g/mol. The maximum absolute atomic E-state index is 14.5. The van der Waals surface area contributed by atoms with Crippen LogP contribution in [-0.4, -0.2) is 67.6 Å². The lowest BCUT2D eigenvalue weighted by molar-refractivity contribution is -0.137. The van der Waals surface area contributed by atoms with Gasteiger partial charge in [0, 0.05) is 29.8 Å². The number of fused-ring (bicyclic) bond motifs is 1. The first kappa shape index (κ1) is 19.6. The number of morpholine rings is 1. The lowest BCUT2D eigenvalue weighted by atomic mass is 10.1. The molecule has 2 fully saturated rings. The van der Waals surface area contributed by atoms with E-state index in [1.807, 2.05) is 30.0 Å². The predicted octanol–water partition coefficient (Wildman–Crippen LogP) is 1.05. The summed E-state index contributed by atoms with van der Waals surface area (Å²) in [5, 5.41) is 6.33. The van der Waals surface area contributed by atoms with Gasteiger partial charge in [-0.25, -0.2) is 4.39 Å². The average molecular weight is 411 g/mol. The molecule has 9 heteroatoms. The Kier molecular flexibility index (Phi) is 5.55. The third kappa shape index (κ3) is 3.61. The first-order chi connectivity index (χ1) is 13.5. The Morgan fingerprint density at radius 2 is 2.11 bits per heavy atom. The summed E-state index contributed by atoms with van der Waals surface area (Å²) in [5.41, 5.74) is 1.76. The Morgan fingerprint density at radius 3 is 2.86 bits per heavy atom. The summed E-state index contributed by atoms with van der Waals surface area (Å²) in [6, 6.07) is 5.50. The second-order valence-electron chi connectivity index (χ2n) is 7.48. The molecule has 3 aliphatic rings. The lowest BCUT2D eigenvalue weighted by Crippen LogP contribution is -2.69. The largest absolute Gasteiger partial charge is 0.379 e. The molecule has 0 aliphatic carbocycles. The fraction of sp³-hybridized carbons (Fsp3) is 0.579. The van der Waals surface area contributed by atoms with Crippen molar-refractivity contribution >= 4 is 29.1 Å². The van der Waals surface area contributed by atoms with E-state index in [2.05, 4.69) is 10.6 Å². The number of halogens is 2. The fourth-order valence-corrected chi connectivity index (χ4v) is 4.48. The number of rotatable bonds is 3. The smallest absolute Gasteiger partial charge is 0.258 e. The van der Waals surface area contributed by atoms with Gasteiger partial charge < -0.3 is 15.0 Å². The van der Waals surface area contributed by atoms with Gasteiger partial charge in [-0.1, -0.05) is 17.7 Å². The third-order valence-electron chi connectivity index (χ3n) is 5.60. The van der Waals surface area contributed by atoms with Crippen molar-refractivity contribution in [2.75, 3.05) is 31.2 Å². The number of ether oxygens (including phenoxy) is 1. The highest BCUT2D eigenvalue weighted by Gasteiger charge is 2.42. The highest BCUT2D eigenvalue weighted by Crippen LogP contribution is 2.37. The van der Waals surface area contributed by atoms with Crippen LogP contribution < -0.4 is 15.5 Å². The van der Waals surface area contributed by atoms with E-state index in [-0.39, 0.29) is 18.4 Å². The molecule has 4 unspecified atom stereocenters. The molecule has 0 radical (unpaired) electrons. The number of nitrogens with one attached hydrogen (secondary N) is 2. The van der Waals surface area contributed by atoms with Gasteiger partial charge in [-0.2, -0.15) is 0 Å². The molecule has 1 aromatic carbocycles. The van der Waals surface area contributed by atoms with Gasteiger partial charge in [0.2, 0.25) is 12.1 Å². The van der Waals surface area contributed by atoms with Gasteiger partial charge in [0.25, 0.3) is 5.91 Å². The second-order valence-corrected chi connectivity index (χ2v) is 7.89. The molecule has 2 amide bonds. The number of nitrogens with zero attached hydrogens (tertiary/aromatic N) is 2. The quantitative estimate of drug-likeness (QED) is 0.779. The maximum atomic E-state index is 14.5. The summed E-state index contributed by atoms with van der Waals surface area (Å²) in [5.74, 6) is -0.824. The van der Waals surface area contributed by atoms with E-state index in [4.69, 9.17) is 16.3 Å². The van der Waals surface area contributed by atoms with Crippen molar-refractivity contribution < 1.29 is 18.7 Å². The van der Waals surface area contributed by atoms with Crippen LogP contribution in [0, 0.1) is 0 Å². The number of carbonyl (C=O) groups is 2. The zero-order valence-corrected chi connectivity index (χ0v) is 16.4. The van der Waals surface area contributed by atoms with Crippen LogP contribution in [0.4, 0.5) is 10.1 Å². The third-order valence-corrected chi connectivity index (χ3v) is 5.95. The molecule has 28 heavy (non-hydrogen) atoms. The minimum Gasteiger partial charge on any atom is -0.379 e. The van der Waals surface area contributed by atoms with Crippen LogP contribution >= 0.6 is 11.6 Å². The van der Waals surface area contributed by atoms with Crippen molar-refractivity contribution in [1.82, 2.24) is 15.5 Å². The number of anilines is 1. The van der Waals surface area contributed by atoms with Gasteiger partial charge in [0.1, 0.15) is 6.17 Å². The van der Waals surface area contributed by atoms with Crippen molar-refractivity contribution in [1.29, 1.82) is 0 Å². The highest BCUT2D eigenvalue weighted by atomic mass is 35.5. The summed E-state index contributed by atoms with van der Waals surface area (Å²) >= 11 is 6.27. The van der Waals surface area contributed by atoms with E-state index >= 15 is 0 Å². The van der Waals surface area contributed by atoms with Crippen molar-refractivity contribution in [3.8, 4) is 0 Å². The molecule has 0 saturated carbocycles. The number of alkyl halides is 1. The molecule has 2 saturated heterocycles. The molecule has 3 heterocycles. The molecule has 4 rings (SSSR count). The first-order valence-corrected chi connectivity index (χ1v) is 9.95. The fourth-order valence-electron chi connectivity index (χ4n) is 4.24. The zero-order chi connectivity index (χ0) is 19.8. The Labute approximate surface area is 168 Å². The van der Waals surface area contributed by atoms with Crippen LogP contribution in [0.2, 0.25) is 5.02 Å². The summed E-state index contributed by atoms with van der Waals surface area (Å²) in [7, 11) is 0. The normalized spacial score (nSPS) is 30.8. The molecule has 7 nitrogen and oxygen atoms in total. The van der Waals surface area contributed by atoms with Crippen molar-refractivity contribution in [2.45, 2.75) is 44.3 Å². The Balaban J connectivity index is 1.47. The van der Waals surface area contributed by atoms with Gasteiger partial charge in [-0.3, -0.25) is 19.8 Å². The van der Waals surface area contributed by atoms with E-state index in [0.29, 0.717) is 37.7 Å². The number of amides is 2. The number of benzene rings is 1. The molecule has 2 N–H and O–H groups in total. The van der Waals surface area contributed by atoms with E-state index in [0.717, 1.165) is 11.3 Å². The summed E-state index contributed by atoms with van der Waals surface area (Å²) in [6.45, 7) is 4.05. The van der Waals surface area contributed by atoms with Gasteiger partial charge in [0.15, 0.2) is 0 Å². The summed E-state index contributed by atoms with van der Waals surface area (Å²) in [6.07, 6.45) is -2.35. The van der Waals surface area contributed by atoms with E-state index < -0.39 is 24.4 Å². The minimum atomic E-state index is -1.69. The Hall–Kier alpha value is -1.74. The summed E-state index contributed by atoms with van der Waals surface area (Å²) in [4.78, 5) is 28.8. The van der Waals surface area contributed by atoms with Crippen LogP contribution in [0.1, 0.15) is 18.9 Å². The van der Waals surface area contributed by atoms with Gasteiger partial charge in [-0.15, -0.1) is 0 Å². The molecular formula is C19H24ClFN4O3. The second kappa shape index (κ2) is 7.94. The molecule has 0 spiro atoms. The van der Waals surface area contributed by atoms with Crippen molar-refractivity contribution in [3.05, 3.63) is 28.8 Å². The van der Waals surface area contributed by atoms with Crippen LogP contribution in [0.3, 0.4) is 0 Å². The molecule has 152 valence electrons. The molecule has 3 aliphatic heterocycles. The molecule has 0 bridgehead atoms. The van der Waals surface area contributed by atoms with Crippen molar-refractivity contribution in [3.63, 3.8) is 0 Å². The van der Waals surface area contributed by atoms with Gasteiger partial charge in [-0.05, 0) is 31.0 Å². The zero-order valence-electron chi connectivity index (χ0n) is 15.7.